The predicted octanol–water partition coefficient (Wildman–Crippen LogP) is 9.99. The van der Waals surface area contributed by atoms with Gasteiger partial charge in [0, 0.05) is 49.4 Å². The lowest BCUT2D eigenvalue weighted by atomic mass is 10.1. The number of carbonyl (C=O) groups is 2. The fourth-order valence-corrected chi connectivity index (χ4v) is 9.23. The molecule has 2 N–H and O–H groups in total. The van der Waals surface area contributed by atoms with Crippen LogP contribution in [-0.4, -0.2) is 102 Å². The summed E-state index contributed by atoms with van der Waals surface area (Å²) in [5.41, 5.74) is 4.20. The highest BCUT2D eigenvalue weighted by molar-refractivity contribution is 5.84. The molecule has 2 aliphatic rings. The Morgan fingerprint density at radius 3 is 1.50 bits per heavy atom. The summed E-state index contributed by atoms with van der Waals surface area (Å²) in [4.78, 5) is 59.3. The van der Waals surface area contributed by atoms with Gasteiger partial charge in [0.2, 0.25) is 11.9 Å². The molecule has 8 heterocycles. The number of fused-ring (bicyclic) bond motifs is 2. The van der Waals surface area contributed by atoms with Crippen LogP contribution in [0.15, 0.2) is 73.3 Å². The van der Waals surface area contributed by atoms with Crippen LogP contribution >= 0.6 is 0 Å². The highest BCUT2D eigenvalue weighted by Gasteiger charge is 2.29. The van der Waals surface area contributed by atoms with Gasteiger partial charge in [-0.25, -0.2) is 57.4 Å². The molecule has 74 heavy (non-hydrogen) atoms. The Labute approximate surface area is 424 Å². The molecule has 18 nitrogen and oxygen atoms in total. The van der Waals surface area contributed by atoms with Crippen LogP contribution in [0.2, 0.25) is 0 Å². The maximum absolute atomic E-state index is 14.9. The summed E-state index contributed by atoms with van der Waals surface area (Å²) < 4.78 is 71.8. The number of anilines is 6. The number of pyridine rings is 2. The third kappa shape index (κ3) is 11.3. The van der Waals surface area contributed by atoms with Crippen LogP contribution in [0.5, 0.6) is 0 Å². The van der Waals surface area contributed by atoms with Gasteiger partial charge in [0.15, 0.2) is 23.3 Å². The fourth-order valence-electron chi connectivity index (χ4n) is 9.23. The average Bonchev–Trinajstić information content (AvgIpc) is 4.23. The van der Waals surface area contributed by atoms with E-state index in [-0.39, 0.29) is 63.9 Å². The third-order valence-electron chi connectivity index (χ3n) is 12.5. The number of rotatable bonds is 12. The Kier molecular flexibility index (Phi) is 15.9. The van der Waals surface area contributed by atoms with Crippen molar-refractivity contribution in [2.75, 3.05) is 60.8 Å². The van der Waals surface area contributed by atoms with Gasteiger partial charge in [-0.05, 0) is 109 Å². The number of nitrogens with zero attached hydrogens (tertiary/aromatic N) is 12. The normalized spacial score (nSPS) is 14.3. The van der Waals surface area contributed by atoms with E-state index < -0.39 is 23.3 Å². The zero-order valence-electron chi connectivity index (χ0n) is 42.2. The van der Waals surface area contributed by atoms with E-state index in [0.717, 1.165) is 49.8 Å². The minimum atomic E-state index is -0.672. The summed E-state index contributed by atoms with van der Waals surface area (Å²) in [7, 11) is 2.71. The number of halogens is 4. The van der Waals surface area contributed by atoms with Crippen LogP contribution in [-0.2, 0) is 19.1 Å². The summed E-state index contributed by atoms with van der Waals surface area (Å²) >= 11 is 0. The quantitative estimate of drug-likeness (QED) is 0.0666. The second-order valence-corrected chi connectivity index (χ2v) is 18.2. The first-order valence-electron chi connectivity index (χ1n) is 24.0. The molecule has 2 fully saturated rings. The van der Waals surface area contributed by atoms with Crippen molar-refractivity contribution in [3.8, 4) is 22.5 Å². The van der Waals surface area contributed by atoms with Gasteiger partial charge in [0.1, 0.15) is 45.7 Å². The summed E-state index contributed by atoms with van der Waals surface area (Å²) in [6.45, 7) is 15.3. The first kappa shape index (κ1) is 52.0. The molecule has 2 aromatic carbocycles. The molecule has 0 spiro atoms. The van der Waals surface area contributed by atoms with Gasteiger partial charge >= 0.3 is 5.97 Å². The van der Waals surface area contributed by atoms with E-state index in [1.807, 2.05) is 68.9 Å². The third-order valence-corrected chi connectivity index (χ3v) is 12.5. The zero-order chi connectivity index (χ0) is 52.8. The van der Waals surface area contributed by atoms with Gasteiger partial charge in [-0.2, -0.15) is 0 Å². The molecule has 2 aliphatic heterocycles. The van der Waals surface area contributed by atoms with Crippen molar-refractivity contribution in [1.82, 2.24) is 49.0 Å². The van der Waals surface area contributed by atoms with E-state index in [1.165, 1.54) is 39.2 Å². The molecule has 0 radical (unpaired) electrons. The highest BCUT2D eigenvalue weighted by Crippen LogP contribution is 2.33. The number of imidazole rings is 2. The van der Waals surface area contributed by atoms with Gasteiger partial charge in [-0.1, -0.05) is 0 Å². The van der Waals surface area contributed by atoms with Crippen LogP contribution in [0.3, 0.4) is 0 Å². The number of esters is 1. The number of nitrogens with one attached hydrogen (secondary N) is 2. The number of carbonyl (C=O) groups excluding carboxylic acids is 2. The lowest BCUT2D eigenvalue weighted by Crippen LogP contribution is -2.23. The standard InChI is InChI=1S/C26H27F2N7O2.C24H25F2N7.C2H4O2/c1-14(2)35-15(3)31-24-19(27)9-17(10-21(24)35)23-20(28)12-30-26(33-23)32-22-6-5-18(11-29-22)34-8-7-16(13-34)25(36)37-4;1-14(2)33-15(3)29-23-18(25)10-16(11-20(23)33)22-19(26)13-28-24(31-22)30-21-7-6-17(12-27-21)32-8-4-5-9-32;1-4-2-3/h5-6,9-12,14,16H,7-8,13H2,1-4H3,(H,29,30,32,33);6-7,10-14H,4-5,8-9H2,1-3H3,(H,27,28,30,31);2H,1H3. The number of ether oxygens (including phenoxy) is 2. The fraction of sp³-hybridized carbons (Fsp3) is 0.346. The maximum Gasteiger partial charge on any atom is 0.310 e. The van der Waals surface area contributed by atoms with Crippen LogP contribution in [0.1, 0.15) is 70.7 Å². The monoisotopic (exact) mass is 1020 g/mol. The van der Waals surface area contributed by atoms with Gasteiger partial charge in [-0.3, -0.25) is 9.59 Å². The number of methoxy groups -OCH3 is 2. The Morgan fingerprint density at radius 1 is 0.635 bits per heavy atom. The Balaban J connectivity index is 0.000000185. The SMILES string of the molecule is COC(=O)C1CCN(c2ccc(Nc3ncc(F)c(-c4cc(F)c5nc(C)n(C(C)C)c5c4)n3)nc2)C1.COC=O.Cc1nc2c(F)cc(-c3nc(Nc4ccc(N5CCCC5)cn4)ncc3F)cc2n1C(C)C. The van der Waals surface area contributed by atoms with Gasteiger partial charge in [0.25, 0.3) is 6.47 Å². The molecule has 10 rings (SSSR count). The lowest BCUT2D eigenvalue weighted by Gasteiger charge is -2.18. The van der Waals surface area contributed by atoms with Crippen molar-refractivity contribution in [2.45, 2.75) is 72.9 Å². The smallest absolute Gasteiger partial charge is 0.310 e. The molecule has 6 aromatic heterocycles. The Morgan fingerprint density at radius 2 is 1.09 bits per heavy atom. The van der Waals surface area contributed by atoms with Crippen LogP contribution < -0.4 is 20.4 Å². The summed E-state index contributed by atoms with van der Waals surface area (Å²) in [6, 6.07) is 13.5. The van der Waals surface area contributed by atoms with E-state index in [0.29, 0.717) is 52.9 Å². The van der Waals surface area contributed by atoms with Crippen LogP contribution in [0.4, 0.5) is 52.5 Å². The number of hydrogen-bond donors (Lipinski definition) is 2. The molecule has 2 saturated heterocycles. The Hall–Kier alpha value is -8.30. The van der Waals surface area contributed by atoms with Crippen molar-refractivity contribution >= 4 is 69.4 Å². The summed E-state index contributed by atoms with van der Waals surface area (Å²) in [5, 5.41) is 5.99. The van der Waals surface area contributed by atoms with Crippen molar-refractivity contribution < 1.29 is 36.6 Å². The molecule has 1 unspecified atom stereocenters. The largest absolute Gasteiger partial charge is 0.471 e. The summed E-state index contributed by atoms with van der Waals surface area (Å²) in [6.07, 6.45) is 8.72. The highest BCUT2D eigenvalue weighted by atomic mass is 19.1. The molecule has 1 atom stereocenters. The minimum Gasteiger partial charge on any atom is -0.471 e. The van der Waals surface area contributed by atoms with Gasteiger partial charge in [0.05, 0.1) is 67.3 Å². The molecule has 0 bridgehead atoms. The molecule has 0 aliphatic carbocycles. The van der Waals surface area contributed by atoms with Crippen molar-refractivity contribution in [2.24, 2.45) is 5.92 Å². The van der Waals surface area contributed by atoms with Crippen molar-refractivity contribution in [1.29, 1.82) is 0 Å². The van der Waals surface area contributed by atoms with E-state index in [4.69, 9.17) is 9.53 Å². The zero-order valence-corrected chi connectivity index (χ0v) is 42.2. The molecule has 8 aromatic rings. The predicted molar refractivity (Wildman–Crippen MR) is 273 cm³/mol. The van der Waals surface area contributed by atoms with Gasteiger partial charge < -0.3 is 39.0 Å². The summed E-state index contributed by atoms with van der Waals surface area (Å²) in [5.74, 6) is -0.0427. The number of aryl methyl sites for hydroxylation is 2. The second kappa shape index (κ2) is 22.6. The first-order valence-corrected chi connectivity index (χ1v) is 24.0. The van der Waals surface area contributed by atoms with Crippen LogP contribution in [0.25, 0.3) is 44.6 Å². The average molecular weight is 1020 g/mol. The molecular weight excluding hydrogens is 961 g/mol. The molecule has 0 amide bonds. The van der Waals surface area contributed by atoms with Gasteiger partial charge in [-0.15, -0.1) is 0 Å². The number of aromatic nitrogens is 10. The lowest BCUT2D eigenvalue weighted by molar-refractivity contribution is -0.144. The van der Waals surface area contributed by atoms with E-state index in [2.05, 4.69) is 65.0 Å². The first-order chi connectivity index (χ1) is 35.6. The number of benzene rings is 2. The maximum atomic E-state index is 14.9. The molecule has 22 heteroatoms. The topological polar surface area (TPSA) is 196 Å². The molecule has 386 valence electrons. The molecular formula is C52H56F4N14O4. The van der Waals surface area contributed by atoms with E-state index >= 15 is 0 Å². The van der Waals surface area contributed by atoms with E-state index in [9.17, 15) is 22.4 Å². The van der Waals surface area contributed by atoms with Crippen molar-refractivity contribution in [3.63, 3.8) is 0 Å². The number of hydrogen-bond acceptors (Lipinski definition) is 16. The van der Waals surface area contributed by atoms with Crippen LogP contribution in [0, 0.1) is 43.0 Å². The minimum absolute atomic E-state index is 0.0103. The second-order valence-electron chi connectivity index (χ2n) is 18.2. The van der Waals surface area contributed by atoms with E-state index in [1.54, 1.807) is 30.6 Å². The van der Waals surface area contributed by atoms with Crippen molar-refractivity contribution in [3.05, 3.63) is 108 Å². The Bertz CT molecular complexity index is 3290. The molecule has 0 saturated carbocycles.